The first kappa shape index (κ1) is 11.5. The van der Waals surface area contributed by atoms with Crippen LogP contribution in [-0.4, -0.2) is 5.78 Å². The van der Waals surface area contributed by atoms with E-state index >= 15 is 0 Å². The van der Waals surface area contributed by atoms with Gasteiger partial charge in [0.05, 0.1) is 0 Å². The van der Waals surface area contributed by atoms with E-state index in [4.69, 9.17) is 4.42 Å². The Bertz CT molecular complexity index is 780. The van der Waals surface area contributed by atoms with Crippen LogP contribution < -0.4 is 0 Å². The van der Waals surface area contributed by atoms with E-state index in [0.717, 1.165) is 34.9 Å². The molecular weight excluding hydrogens is 248 g/mol. The molecule has 1 aliphatic carbocycles. The monoisotopic (exact) mass is 262 g/mol. The third-order valence-corrected chi connectivity index (χ3v) is 3.82. The van der Waals surface area contributed by atoms with E-state index in [0.29, 0.717) is 5.76 Å². The summed E-state index contributed by atoms with van der Waals surface area (Å²) in [7, 11) is 0. The van der Waals surface area contributed by atoms with Crippen molar-refractivity contribution in [2.45, 2.75) is 12.8 Å². The fraction of sp³-hybridized carbons (Fsp3) is 0.167. The quantitative estimate of drug-likeness (QED) is 0.641. The summed E-state index contributed by atoms with van der Waals surface area (Å²) in [6.45, 7) is 0. The molecule has 2 heteroatoms. The summed E-state index contributed by atoms with van der Waals surface area (Å²) in [6, 6.07) is 18.0. The summed E-state index contributed by atoms with van der Waals surface area (Å²) >= 11 is 0. The molecule has 1 saturated carbocycles. The third kappa shape index (κ3) is 1.85. The van der Waals surface area contributed by atoms with Gasteiger partial charge in [-0.3, -0.25) is 4.79 Å². The molecule has 1 heterocycles. The average Bonchev–Trinajstić information content (AvgIpc) is 3.25. The predicted octanol–water partition coefficient (Wildman–Crippen LogP) is 4.69. The van der Waals surface area contributed by atoms with Gasteiger partial charge >= 0.3 is 0 Å². The molecule has 1 aromatic heterocycles. The Labute approximate surface area is 117 Å². The van der Waals surface area contributed by atoms with Crippen LogP contribution in [0.1, 0.15) is 23.4 Å². The van der Waals surface area contributed by atoms with Gasteiger partial charge in [-0.1, -0.05) is 48.5 Å². The predicted molar refractivity (Wildman–Crippen MR) is 78.7 cm³/mol. The fourth-order valence-corrected chi connectivity index (χ4v) is 2.58. The molecule has 0 amide bonds. The van der Waals surface area contributed by atoms with Crippen LogP contribution in [0, 0.1) is 5.92 Å². The van der Waals surface area contributed by atoms with E-state index in [9.17, 15) is 4.79 Å². The van der Waals surface area contributed by atoms with E-state index in [-0.39, 0.29) is 11.7 Å². The molecule has 0 spiro atoms. The Balaban J connectivity index is 1.88. The fourth-order valence-electron chi connectivity index (χ4n) is 2.58. The zero-order chi connectivity index (χ0) is 13.5. The van der Waals surface area contributed by atoms with Gasteiger partial charge in [-0.2, -0.15) is 0 Å². The maximum absolute atomic E-state index is 12.1. The largest absolute Gasteiger partial charge is 0.452 e. The van der Waals surface area contributed by atoms with E-state index < -0.39 is 0 Å². The van der Waals surface area contributed by atoms with Gasteiger partial charge in [-0.05, 0) is 24.5 Å². The second-order valence-corrected chi connectivity index (χ2v) is 5.34. The van der Waals surface area contributed by atoms with Crippen LogP contribution in [0.3, 0.4) is 0 Å². The smallest absolute Gasteiger partial charge is 0.201 e. The zero-order valence-corrected chi connectivity index (χ0v) is 11.0. The first-order valence-electron chi connectivity index (χ1n) is 6.95. The highest BCUT2D eigenvalue weighted by molar-refractivity contribution is 6.02. The summed E-state index contributed by atoms with van der Waals surface area (Å²) < 4.78 is 5.87. The van der Waals surface area contributed by atoms with Gasteiger partial charge in [-0.15, -0.1) is 0 Å². The first-order valence-corrected chi connectivity index (χ1v) is 6.95. The normalized spacial score (nSPS) is 14.6. The number of hydrogen-bond donors (Lipinski definition) is 0. The lowest BCUT2D eigenvalue weighted by molar-refractivity contribution is 0.0942. The standard InChI is InChI=1S/C18H14O2/c19-17(13-9-10-13)16-11-14-7-4-8-15(18(14)20-16)12-5-2-1-3-6-12/h1-8,11,13H,9-10H2. The van der Waals surface area contributed by atoms with Gasteiger partial charge < -0.3 is 4.42 Å². The lowest BCUT2D eigenvalue weighted by Crippen LogP contribution is -1.98. The van der Waals surface area contributed by atoms with E-state index in [1.165, 1.54) is 0 Å². The number of fused-ring (bicyclic) bond motifs is 1. The summed E-state index contributed by atoms with van der Waals surface area (Å²) in [5.74, 6) is 0.849. The number of Topliss-reactive ketones (excluding diaryl/α,β-unsaturated/α-hetero) is 1. The molecule has 20 heavy (non-hydrogen) atoms. The van der Waals surface area contributed by atoms with Gasteiger partial charge in [0, 0.05) is 16.9 Å². The van der Waals surface area contributed by atoms with Crippen molar-refractivity contribution in [3.05, 3.63) is 60.4 Å². The molecule has 98 valence electrons. The van der Waals surface area contributed by atoms with Crippen molar-refractivity contribution in [3.8, 4) is 11.1 Å². The minimum atomic E-state index is 0.153. The number of para-hydroxylation sites is 1. The average molecular weight is 262 g/mol. The van der Waals surface area contributed by atoms with Crippen LogP contribution in [0.15, 0.2) is 59.0 Å². The number of rotatable bonds is 3. The second-order valence-electron chi connectivity index (χ2n) is 5.34. The van der Waals surface area contributed by atoms with Gasteiger partial charge in [0.25, 0.3) is 0 Å². The number of furan rings is 1. The van der Waals surface area contributed by atoms with Crippen LogP contribution in [0.5, 0.6) is 0 Å². The van der Waals surface area contributed by atoms with Crippen molar-refractivity contribution in [2.24, 2.45) is 5.92 Å². The zero-order valence-electron chi connectivity index (χ0n) is 11.0. The number of ketones is 1. The van der Waals surface area contributed by atoms with Gasteiger partial charge in [0.15, 0.2) is 5.76 Å². The second kappa shape index (κ2) is 4.34. The Kier molecular flexibility index (Phi) is 2.49. The highest BCUT2D eigenvalue weighted by atomic mass is 16.3. The van der Waals surface area contributed by atoms with E-state index in [1.54, 1.807) is 0 Å². The molecule has 0 atom stereocenters. The van der Waals surface area contributed by atoms with Crippen molar-refractivity contribution in [1.82, 2.24) is 0 Å². The van der Waals surface area contributed by atoms with Crippen molar-refractivity contribution in [3.63, 3.8) is 0 Å². The molecule has 2 aromatic carbocycles. The molecule has 3 aromatic rings. The summed E-state index contributed by atoms with van der Waals surface area (Å²) in [4.78, 5) is 12.1. The SMILES string of the molecule is O=C(c1cc2cccc(-c3ccccc3)c2o1)C1CC1. The summed E-state index contributed by atoms with van der Waals surface area (Å²) in [5.41, 5.74) is 2.96. The minimum absolute atomic E-state index is 0.153. The molecule has 0 unspecified atom stereocenters. The van der Waals surface area contributed by atoms with E-state index in [1.807, 2.05) is 42.5 Å². The molecule has 4 rings (SSSR count). The maximum Gasteiger partial charge on any atom is 0.201 e. The molecule has 0 radical (unpaired) electrons. The van der Waals surface area contributed by atoms with Crippen molar-refractivity contribution in [2.75, 3.05) is 0 Å². The lowest BCUT2D eigenvalue weighted by Gasteiger charge is -2.01. The molecule has 0 saturated heterocycles. The maximum atomic E-state index is 12.1. The van der Waals surface area contributed by atoms with Crippen molar-refractivity contribution < 1.29 is 9.21 Å². The Hall–Kier alpha value is -2.35. The summed E-state index contributed by atoms with van der Waals surface area (Å²) in [5, 5.41) is 0.996. The van der Waals surface area contributed by atoms with Gasteiger partial charge in [0.2, 0.25) is 5.78 Å². The molecule has 1 aliphatic rings. The Morgan fingerprint density at radius 2 is 1.80 bits per heavy atom. The van der Waals surface area contributed by atoms with Crippen LogP contribution in [0.4, 0.5) is 0 Å². The Morgan fingerprint density at radius 3 is 2.55 bits per heavy atom. The summed E-state index contributed by atoms with van der Waals surface area (Å²) in [6.07, 6.45) is 2.00. The van der Waals surface area contributed by atoms with Crippen LogP contribution >= 0.6 is 0 Å². The topological polar surface area (TPSA) is 30.2 Å². The molecule has 1 fully saturated rings. The van der Waals surface area contributed by atoms with Crippen LogP contribution in [-0.2, 0) is 0 Å². The van der Waals surface area contributed by atoms with Crippen molar-refractivity contribution in [1.29, 1.82) is 0 Å². The number of hydrogen-bond acceptors (Lipinski definition) is 2. The first-order chi connectivity index (χ1) is 9.83. The van der Waals surface area contributed by atoms with Gasteiger partial charge in [0.1, 0.15) is 5.58 Å². The highest BCUT2D eigenvalue weighted by Crippen LogP contribution is 2.36. The lowest BCUT2D eigenvalue weighted by atomic mass is 10.0. The van der Waals surface area contributed by atoms with E-state index in [2.05, 4.69) is 12.1 Å². The molecule has 0 N–H and O–H groups in total. The highest BCUT2D eigenvalue weighted by Gasteiger charge is 2.32. The molecule has 0 aliphatic heterocycles. The Morgan fingerprint density at radius 1 is 1.00 bits per heavy atom. The molecule has 0 bridgehead atoms. The number of carbonyl (C=O) groups excluding carboxylic acids is 1. The molecule has 2 nitrogen and oxygen atoms in total. The number of carbonyl (C=O) groups is 1. The van der Waals surface area contributed by atoms with Crippen LogP contribution in [0.2, 0.25) is 0 Å². The van der Waals surface area contributed by atoms with Crippen molar-refractivity contribution >= 4 is 16.8 Å². The number of benzene rings is 2. The minimum Gasteiger partial charge on any atom is -0.452 e. The molecular formula is C18H14O2. The van der Waals surface area contributed by atoms with Crippen LogP contribution in [0.25, 0.3) is 22.1 Å². The third-order valence-electron chi connectivity index (χ3n) is 3.82. The van der Waals surface area contributed by atoms with Gasteiger partial charge in [-0.25, -0.2) is 0 Å².